The number of piperidine rings is 1. The molecule has 1 N–H and O–H groups in total. The summed E-state index contributed by atoms with van der Waals surface area (Å²) < 4.78 is 13.6. The van der Waals surface area contributed by atoms with Gasteiger partial charge in [0.25, 0.3) is 0 Å². The van der Waals surface area contributed by atoms with E-state index in [0.29, 0.717) is 30.0 Å². The summed E-state index contributed by atoms with van der Waals surface area (Å²) in [5.41, 5.74) is 0.640. The van der Waals surface area contributed by atoms with Crippen molar-refractivity contribution in [3.05, 3.63) is 35.6 Å². The average Bonchev–Trinajstić information content (AvgIpc) is 2.64. The maximum absolute atomic E-state index is 13.6. The Bertz CT molecular complexity index is 436. The van der Waals surface area contributed by atoms with Crippen molar-refractivity contribution in [3.63, 3.8) is 0 Å². The molecule has 0 amide bonds. The van der Waals surface area contributed by atoms with Gasteiger partial charge in [-0.1, -0.05) is 18.2 Å². The molecule has 2 fully saturated rings. The van der Waals surface area contributed by atoms with Crippen molar-refractivity contribution in [1.29, 1.82) is 0 Å². The van der Waals surface area contributed by atoms with Crippen molar-refractivity contribution in [2.45, 2.75) is 50.3 Å². The van der Waals surface area contributed by atoms with Gasteiger partial charge in [0.1, 0.15) is 5.82 Å². The maximum Gasteiger partial charge on any atom is 0.126 e. The summed E-state index contributed by atoms with van der Waals surface area (Å²) in [7, 11) is 2.20. The third kappa shape index (κ3) is 2.54. The molecule has 2 bridgehead atoms. The Labute approximate surface area is 114 Å². The fourth-order valence-corrected chi connectivity index (χ4v) is 3.82. The molecule has 3 heteroatoms. The van der Waals surface area contributed by atoms with Crippen LogP contribution < -0.4 is 0 Å². The minimum atomic E-state index is -0.409. The highest BCUT2D eigenvalue weighted by Crippen LogP contribution is 2.39. The smallest absolute Gasteiger partial charge is 0.126 e. The standard InChI is InChI=1S/C16H22FNO/c1-18-13-6-7-14(18)9-12(8-13)16(19)10-11-4-2-3-5-15(11)17/h2-5,12-14,16,19H,6-10H2,1H3. The van der Waals surface area contributed by atoms with Gasteiger partial charge in [-0.05, 0) is 50.3 Å². The Hall–Kier alpha value is -0.930. The number of benzene rings is 1. The minimum absolute atomic E-state index is 0.197. The Kier molecular flexibility index (Phi) is 3.59. The largest absolute Gasteiger partial charge is 0.392 e. The quantitative estimate of drug-likeness (QED) is 0.906. The van der Waals surface area contributed by atoms with Gasteiger partial charge in [-0.2, -0.15) is 0 Å². The van der Waals surface area contributed by atoms with Crippen LogP contribution in [0.2, 0.25) is 0 Å². The number of nitrogens with zero attached hydrogens (tertiary/aromatic N) is 1. The molecule has 0 spiro atoms. The Balaban J connectivity index is 1.65. The van der Waals surface area contributed by atoms with Gasteiger partial charge >= 0.3 is 0 Å². The van der Waals surface area contributed by atoms with Crippen molar-refractivity contribution >= 4 is 0 Å². The SMILES string of the molecule is CN1C2CCC1CC(C(O)Cc1ccccc1F)C2. The summed E-state index contributed by atoms with van der Waals surface area (Å²) in [6.07, 6.45) is 4.66. The van der Waals surface area contributed by atoms with Gasteiger partial charge in [0, 0.05) is 18.5 Å². The van der Waals surface area contributed by atoms with Crippen molar-refractivity contribution in [2.24, 2.45) is 5.92 Å². The van der Waals surface area contributed by atoms with Crippen molar-refractivity contribution in [2.75, 3.05) is 7.05 Å². The lowest BCUT2D eigenvalue weighted by molar-refractivity contribution is 0.0363. The van der Waals surface area contributed by atoms with Gasteiger partial charge < -0.3 is 10.0 Å². The first-order valence-electron chi connectivity index (χ1n) is 7.28. The van der Waals surface area contributed by atoms with E-state index in [1.807, 2.05) is 6.07 Å². The highest BCUT2D eigenvalue weighted by molar-refractivity contribution is 5.18. The fourth-order valence-electron chi connectivity index (χ4n) is 3.82. The molecule has 0 aromatic heterocycles. The first kappa shape index (κ1) is 13.1. The molecule has 19 heavy (non-hydrogen) atoms. The highest BCUT2D eigenvalue weighted by Gasteiger charge is 2.40. The number of fused-ring (bicyclic) bond motifs is 2. The first-order chi connectivity index (χ1) is 9.15. The van der Waals surface area contributed by atoms with E-state index < -0.39 is 6.10 Å². The molecule has 1 aromatic rings. The van der Waals surface area contributed by atoms with E-state index in [0.717, 1.165) is 12.8 Å². The molecular weight excluding hydrogens is 241 g/mol. The molecule has 3 rings (SSSR count). The molecule has 2 aliphatic heterocycles. The van der Waals surface area contributed by atoms with Crippen LogP contribution in [0.15, 0.2) is 24.3 Å². The topological polar surface area (TPSA) is 23.5 Å². The Morgan fingerprint density at radius 1 is 1.26 bits per heavy atom. The molecule has 3 atom stereocenters. The van der Waals surface area contributed by atoms with Gasteiger partial charge in [-0.15, -0.1) is 0 Å². The van der Waals surface area contributed by atoms with Gasteiger partial charge in [-0.3, -0.25) is 0 Å². The molecule has 2 aliphatic rings. The number of hydrogen-bond donors (Lipinski definition) is 1. The first-order valence-corrected chi connectivity index (χ1v) is 7.28. The molecule has 104 valence electrons. The molecule has 2 nitrogen and oxygen atoms in total. The van der Waals surface area contributed by atoms with Crippen LogP contribution in [0.3, 0.4) is 0 Å². The van der Waals surface area contributed by atoms with Crippen LogP contribution in [0.1, 0.15) is 31.2 Å². The van der Waals surface area contributed by atoms with Crippen LogP contribution >= 0.6 is 0 Å². The summed E-state index contributed by atoms with van der Waals surface area (Å²) in [6.45, 7) is 0. The molecule has 0 radical (unpaired) electrons. The van der Waals surface area contributed by atoms with Crippen LogP contribution in [0.25, 0.3) is 0 Å². The van der Waals surface area contributed by atoms with Gasteiger partial charge in [0.05, 0.1) is 6.10 Å². The average molecular weight is 263 g/mol. The van der Waals surface area contributed by atoms with E-state index in [1.54, 1.807) is 12.1 Å². The summed E-state index contributed by atoms with van der Waals surface area (Å²) in [4.78, 5) is 2.46. The second kappa shape index (κ2) is 5.22. The predicted octanol–water partition coefficient (Wildman–Crippen LogP) is 2.60. The van der Waals surface area contributed by atoms with E-state index in [-0.39, 0.29) is 5.82 Å². The monoisotopic (exact) mass is 263 g/mol. The zero-order valence-corrected chi connectivity index (χ0v) is 11.4. The van der Waals surface area contributed by atoms with Crippen LogP contribution in [-0.4, -0.2) is 35.2 Å². The Morgan fingerprint density at radius 3 is 2.53 bits per heavy atom. The van der Waals surface area contributed by atoms with Crippen molar-refractivity contribution in [1.82, 2.24) is 4.90 Å². The molecule has 2 heterocycles. The van der Waals surface area contributed by atoms with Crippen LogP contribution in [0.5, 0.6) is 0 Å². The third-order valence-corrected chi connectivity index (χ3v) is 5.07. The molecule has 3 unspecified atom stereocenters. The number of aliphatic hydroxyl groups excluding tert-OH is 1. The van der Waals surface area contributed by atoms with Crippen LogP contribution in [-0.2, 0) is 6.42 Å². The van der Waals surface area contributed by atoms with E-state index >= 15 is 0 Å². The van der Waals surface area contributed by atoms with Gasteiger partial charge in [-0.25, -0.2) is 4.39 Å². The van der Waals surface area contributed by atoms with E-state index in [4.69, 9.17) is 0 Å². The lowest BCUT2D eigenvalue weighted by atomic mass is 9.84. The van der Waals surface area contributed by atoms with Crippen molar-refractivity contribution < 1.29 is 9.50 Å². The second-order valence-electron chi connectivity index (χ2n) is 6.14. The molecular formula is C16H22FNO. The van der Waals surface area contributed by atoms with E-state index in [2.05, 4.69) is 11.9 Å². The van der Waals surface area contributed by atoms with Crippen molar-refractivity contribution in [3.8, 4) is 0 Å². The fraction of sp³-hybridized carbons (Fsp3) is 0.625. The number of rotatable bonds is 3. The van der Waals surface area contributed by atoms with Crippen LogP contribution in [0.4, 0.5) is 4.39 Å². The number of halogens is 1. The zero-order valence-electron chi connectivity index (χ0n) is 11.4. The summed E-state index contributed by atoms with van der Waals surface area (Å²) in [5.74, 6) is 0.130. The lowest BCUT2D eigenvalue weighted by Gasteiger charge is -2.38. The normalized spacial score (nSPS) is 32.5. The predicted molar refractivity (Wildman–Crippen MR) is 73.4 cm³/mol. The zero-order chi connectivity index (χ0) is 13.4. The second-order valence-corrected chi connectivity index (χ2v) is 6.14. The summed E-state index contributed by atoms with van der Waals surface area (Å²) in [6, 6.07) is 8.03. The highest BCUT2D eigenvalue weighted by atomic mass is 19.1. The summed E-state index contributed by atoms with van der Waals surface area (Å²) >= 11 is 0. The molecule has 0 saturated carbocycles. The van der Waals surface area contributed by atoms with Gasteiger partial charge in [0.2, 0.25) is 0 Å². The number of hydrogen-bond acceptors (Lipinski definition) is 2. The number of aliphatic hydroxyl groups is 1. The van der Waals surface area contributed by atoms with Gasteiger partial charge in [0.15, 0.2) is 0 Å². The Morgan fingerprint density at radius 2 is 1.89 bits per heavy atom. The van der Waals surface area contributed by atoms with Crippen LogP contribution in [0, 0.1) is 11.7 Å². The van der Waals surface area contributed by atoms with E-state index in [9.17, 15) is 9.50 Å². The third-order valence-electron chi connectivity index (χ3n) is 5.07. The minimum Gasteiger partial charge on any atom is -0.392 e. The molecule has 2 saturated heterocycles. The van der Waals surface area contributed by atoms with E-state index in [1.165, 1.54) is 18.9 Å². The maximum atomic E-state index is 13.6. The molecule has 1 aromatic carbocycles. The summed E-state index contributed by atoms with van der Waals surface area (Å²) in [5, 5.41) is 10.4. The molecule has 0 aliphatic carbocycles. The lowest BCUT2D eigenvalue weighted by Crippen LogP contribution is -2.43.